The SMILES string of the molecule is CCn1ncc(CCN)c1-c1ccc(C)cc1. The molecule has 0 unspecified atom stereocenters. The van der Waals surface area contributed by atoms with Gasteiger partial charge in [-0.1, -0.05) is 29.8 Å². The van der Waals surface area contributed by atoms with E-state index in [2.05, 4.69) is 43.2 Å². The Kier molecular flexibility index (Phi) is 3.59. The van der Waals surface area contributed by atoms with Gasteiger partial charge in [0.2, 0.25) is 0 Å². The fraction of sp³-hybridized carbons (Fsp3) is 0.357. The zero-order chi connectivity index (χ0) is 12.3. The van der Waals surface area contributed by atoms with E-state index in [0.717, 1.165) is 13.0 Å². The van der Waals surface area contributed by atoms with Gasteiger partial charge in [0, 0.05) is 12.1 Å². The zero-order valence-corrected chi connectivity index (χ0v) is 10.5. The van der Waals surface area contributed by atoms with Crippen LogP contribution in [0.25, 0.3) is 11.3 Å². The van der Waals surface area contributed by atoms with Crippen LogP contribution in [0.3, 0.4) is 0 Å². The summed E-state index contributed by atoms with van der Waals surface area (Å²) in [7, 11) is 0. The maximum atomic E-state index is 5.65. The van der Waals surface area contributed by atoms with Gasteiger partial charge in [-0.2, -0.15) is 5.10 Å². The lowest BCUT2D eigenvalue weighted by atomic mass is 10.0. The Bertz CT molecular complexity index is 483. The van der Waals surface area contributed by atoms with Crippen LogP contribution in [0.15, 0.2) is 30.5 Å². The van der Waals surface area contributed by atoms with Crippen LogP contribution in [-0.2, 0) is 13.0 Å². The van der Waals surface area contributed by atoms with E-state index in [1.54, 1.807) is 0 Å². The summed E-state index contributed by atoms with van der Waals surface area (Å²) >= 11 is 0. The quantitative estimate of drug-likeness (QED) is 0.874. The van der Waals surface area contributed by atoms with E-state index >= 15 is 0 Å². The van der Waals surface area contributed by atoms with Gasteiger partial charge in [0.25, 0.3) is 0 Å². The summed E-state index contributed by atoms with van der Waals surface area (Å²) in [5, 5.41) is 4.41. The summed E-state index contributed by atoms with van der Waals surface area (Å²) in [6.45, 7) is 5.75. The third kappa shape index (κ3) is 2.39. The summed E-state index contributed by atoms with van der Waals surface area (Å²) in [6.07, 6.45) is 2.81. The summed E-state index contributed by atoms with van der Waals surface area (Å²) < 4.78 is 2.04. The Morgan fingerprint density at radius 1 is 1.24 bits per heavy atom. The van der Waals surface area contributed by atoms with Crippen molar-refractivity contribution in [2.24, 2.45) is 5.73 Å². The van der Waals surface area contributed by atoms with Gasteiger partial charge in [0.15, 0.2) is 0 Å². The van der Waals surface area contributed by atoms with Gasteiger partial charge in [0.05, 0.1) is 11.9 Å². The molecule has 3 nitrogen and oxygen atoms in total. The Morgan fingerprint density at radius 2 is 1.94 bits per heavy atom. The van der Waals surface area contributed by atoms with E-state index in [9.17, 15) is 0 Å². The van der Waals surface area contributed by atoms with E-state index in [4.69, 9.17) is 5.73 Å². The van der Waals surface area contributed by atoms with Gasteiger partial charge >= 0.3 is 0 Å². The minimum absolute atomic E-state index is 0.661. The van der Waals surface area contributed by atoms with Crippen LogP contribution in [0.1, 0.15) is 18.1 Å². The maximum absolute atomic E-state index is 5.65. The number of rotatable bonds is 4. The van der Waals surface area contributed by atoms with Crippen LogP contribution < -0.4 is 5.73 Å². The van der Waals surface area contributed by atoms with Crippen LogP contribution in [0.5, 0.6) is 0 Å². The molecule has 0 atom stereocenters. The molecule has 90 valence electrons. The first-order chi connectivity index (χ1) is 8.26. The molecule has 0 spiro atoms. The largest absolute Gasteiger partial charge is 0.330 e. The van der Waals surface area contributed by atoms with Crippen LogP contribution in [0.4, 0.5) is 0 Å². The molecule has 2 aromatic rings. The number of nitrogens with two attached hydrogens (primary N) is 1. The molecule has 1 heterocycles. The number of hydrogen-bond acceptors (Lipinski definition) is 2. The highest BCUT2D eigenvalue weighted by atomic mass is 15.3. The molecule has 0 fully saturated rings. The fourth-order valence-corrected chi connectivity index (χ4v) is 2.05. The topological polar surface area (TPSA) is 43.8 Å². The van der Waals surface area contributed by atoms with Crippen LogP contribution in [0, 0.1) is 6.92 Å². The third-order valence-electron chi connectivity index (χ3n) is 2.95. The second-order valence-corrected chi connectivity index (χ2v) is 4.24. The van der Waals surface area contributed by atoms with Crippen LogP contribution in [-0.4, -0.2) is 16.3 Å². The third-order valence-corrected chi connectivity index (χ3v) is 2.95. The van der Waals surface area contributed by atoms with E-state index in [1.807, 2.05) is 10.9 Å². The van der Waals surface area contributed by atoms with Gasteiger partial charge in [-0.3, -0.25) is 4.68 Å². The number of aromatic nitrogens is 2. The molecule has 0 amide bonds. The molecule has 0 saturated carbocycles. The summed E-state index contributed by atoms with van der Waals surface area (Å²) in [6, 6.07) is 8.57. The Balaban J connectivity index is 2.47. The number of hydrogen-bond donors (Lipinski definition) is 1. The smallest absolute Gasteiger partial charge is 0.0714 e. The van der Waals surface area contributed by atoms with Gasteiger partial charge in [-0.05, 0) is 32.4 Å². The van der Waals surface area contributed by atoms with Gasteiger partial charge in [-0.15, -0.1) is 0 Å². The van der Waals surface area contributed by atoms with Crippen molar-refractivity contribution in [3.05, 3.63) is 41.6 Å². The highest BCUT2D eigenvalue weighted by Crippen LogP contribution is 2.24. The molecule has 1 aromatic heterocycles. The normalized spacial score (nSPS) is 10.8. The van der Waals surface area contributed by atoms with E-state index in [-0.39, 0.29) is 0 Å². The predicted octanol–water partition coefficient (Wildman–Crippen LogP) is 2.38. The standard InChI is InChI=1S/C14H19N3/c1-3-17-14(13(8-9-15)10-16-17)12-6-4-11(2)5-7-12/h4-7,10H,3,8-9,15H2,1-2H3. The molecule has 0 saturated heterocycles. The van der Waals surface area contributed by atoms with E-state index < -0.39 is 0 Å². The first kappa shape index (κ1) is 11.9. The lowest BCUT2D eigenvalue weighted by Gasteiger charge is -2.08. The van der Waals surface area contributed by atoms with Crippen LogP contribution >= 0.6 is 0 Å². The van der Waals surface area contributed by atoms with Gasteiger partial charge in [-0.25, -0.2) is 0 Å². The fourth-order valence-electron chi connectivity index (χ4n) is 2.05. The molecule has 2 N–H and O–H groups in total. The zero-order valence-electron chi connectivity index (χ0n) is 10.5. The second kappa shape index (κ2) is 5.15. The van der Waals surface area contributed by atoms with E-state index in [0.29, 0.717) is 6.54 Å². The van der Waals surface area contributed by atoms with Crippen LogP contribution in [0.2, 0.25) is 0 Å². The number of aryl methyl sites for hydroxylation is 2. The Labute approximate surface area is 102 Å². The van der Waals surface area contributed by atoms with Gasteiger partial charge < -0.3 is 5.73 Å². The monoisotopic (exact) mass is 229 g/mol. The lowest BCUT2D eigenvalue weighted by Crippen LogP contribution is -2.05. The van der Waals surface area contributed by atoms with Crippen molar-refractivity contribution in [3.8, 4) is 11.3 Å². The average Bonchev–Trinajstić information content (AvgIpc) is 2.74. The molecule has 0 aliphatic rings. The number of benzene rings is 1. The summed E-state index contributed by atoms with van der Waals surface area (Å²) in [5.74, 6) is 0. The first-order valence-electron chi connectivity index (χ1n) is 6.08. The molecule has 0 aliphatic carbocycles. The minimum Gasteiger partial charge on any atom is -0.330 e. The highest BCUT2D eigenvalue weighted by Gasteiger charge is 2.11. The Hall–Kier alpha value is -1.61. The Morgan fingerprint density at radius 3 is 2.53 bits per heavy atom. The molecule has 0 aliphatic heterocycles. The summed E-state index contributed by atoms with van der Waals surface area (Å²) in [5.41, 5.74) is 10.6. The highest BCUT2D eigenvalue weighted by molar-refractivity contribution is 5.63. The van der Waals surface area contributed by atoms with Crippen molar-refractivity contribution in [3.63, 3.8) is 0 Å². The predicted molar refractivity (Wildman–Crippen MR) is 70.8 cm³/mol. The minimum atomic E-state index is 0.661. The first-order valence-corrected chi connectivity index (χ1v) is 6.08. The van der Waals surface area contributed by atoms with Crippen molar-refractivity contribution in [1.29, 1.82) is 0 Å². The average molecular weight is 229 g/mol. The lowest BCUT2D eigenvalue weighted by molar-refractivity contribution is 0.666. The van der Waals surface area contributed by atoms with Crippen molar-refractivity contribution in [2.45, 2.75) is 26.8 Å². The van der Waals surface area contributed by atoms with Crippen molar-refractivity contribution >= 4 is 0 Å². The molecule has 2 rings (SSSR count). The molecular weight excluding hydrogens is 210 g/mol. The molecule has 17 heavy (non-hydrogen) atoms. The molecule has 3 heteroatoms. The molecule has 0 bridgehead atoms. The summed E-state index contributed by atoms with van der Waals surface area (Å²) in [4.78, 5) is 0. The van der Waals surface area contributed by atoms with Crippen molar-refractivity contribution < 1.29 is 0 Å². The maximum Gasteiger partial charge on any atom is 0.0714 e. The molecule has 0 radical (unpaired) electrons. The second-order valence-electron chi connectivity index (χ2n) is 4.24. The van der Waals surface area contributed by atoms with Crippen molar-refractivity contribution in [2.75, 3.05) is 6.54 Å². The molecular formula is C14H19N3. The van der Waals surface area contributed by atoms with E-state index in [1.165, 1.54) is 22.4 Å². The van der Waals surface area contributed by atoms with Gasteiger partial charge in [0.1, 0.15) is 0 Å². The van der Waals surface area contributed by atoms with Crippen molar-refractivity contribution in [1.82, 2.24) is 9.78 Å². The molecule has 1 aromatic carbocycles. The number of nitrogens with zero attached hydrogens (tertiary/aromatic N) is 2.